The lowest BCUT2D eigenvalue weighted by molar-refractivity contribution is -0.137. The summed E-state index contributed by atoms with van der Waals surface area (Å²) >= 11 is 0.727. The summed E-state index contributed by atoms with van der Waals surface area (Å²) in [5, 5.41) is 2.96. The predicted molar refractivity (Wildman–Crippen MR) is 166 cm³/mol. The second-order valence-electron chi connectivity index (χ2n) is 12.2. The van der Waals surface area contributed by atoms with Crippen molar-refractivity contribution in [3.63, 3.8) is 0 Å². The SMILES string of the molecule is [C-]#[N+]c1c(N)sc2c(F)ccc(-c3c(C(F)(F)F)cc4c(N5C[C@@H](C)NC[C@@H]5C)nc(OC[C@]5(C)CCCN5C)nc4c3F)c12. The van der Waals surface area contributed by atoms with Crippen LogP contribution in [0, 0.1) is 18.2 Å². The fourth-order valence-electron chi connectivity index (χ4n) is 6.33. The van der Waals surface area contributed by atoms with Crippen molar-refractivity contribution in [3.05, 3.63) is 46.8 Å². The number of likely N-dealkylation sites (N-methyl/N-ethyl adjacent to an activating group) is 1. The van der Waals surface area contributed by atoms with E-state index in [0.717, 1.165) is 48.9 Å². The van der Waals surface area contributed by atoms with Gasteiger partial charge in [0.05, 0.1) is 27.4 Å². The molecule has 0 saturated carbocycles. The van der Waals surface area contributed by atoms with Gasteiger partial charge < -0.3 is 20.7 Å². The number of likely N-dealkylation sites (tertiary alicyclic amines) is 1. The average Bonchev–Trinajstić information content (AvgIpc) is 3.51. The van der Waals surface area contributed by atoms with Crippen LogP contribution in [-0.2, 0) is 6.18 Å². The van der Waals surface area contributed by atoms with Gasteiger partial charge in [0, 0.05) is 41.5 Å². The van der Waals surface area contributed by atoms with Gasteiger partial charge in [-0.3, -0.25) is 4.90 Å². The zero-order valence-electron chi connectivity index (χ0n) is 25.1. The van der Waals surface area contributed by atoms with E-state index in [9.17, 15) is 17.6 Å². The number of nitrogens with zero attached hydrogens (tertiary/aromatic N) is 5. The van der Waals surface area contributed by atoms with E-state index in [0.29, 0.717) is 13.1 Å². The molecule has 0 radical (unpaired) electrons. The number of piperazine rings is 1. The van der Waals surface area contributed by atoms with E-state index in [4.69, 9.17) is 17.0 Å². The fourth-order valence-corrected chi connectivity index (χ4v) is 7.27. The van der Waals surface area contributed by atoms with Crippen LogP contribution in [0.3, 0.4) is 0 Å². The first kappa shape index (κ1) is 31.2. The number of fused-ring (bicyclic) bond motifs is 2. The highest BCUT2D eigenvalue weighted by Crippen LogP contribution is 2.50. The zero-order chi connectivity index (χ0) is 32.4. The van der Waals surface area contributed by atoms with Crippen LogP contribution in [0.5, 0.6) is 6.01 Å². The number of nitrogens with two attached hydrogens (primary N) is 1. The summed E-state index contributed by atoms with van der Waals surface area (Å²) < 4.78 is 82.3. The normalized spacial score (nSPS) is 22.8. The zero-order valence-corrected chi connectivity index (χ0v) is 26.0. The van der Waals surface area contributed by atoms with E-state index in [1.807, 2.05) is 32.7 Å². The molecule has 0 unspecified atom stereocenters. The number of hydrogen-bond acceptors (Lipinski definition) is 8. The second-order valence-corrected chi connectivity index (χ2v) is 13.2. The van der Waals surface area contributed by atoms with Gasteiger partial charge in [-0.05, 0) is 64.9 Å². The first-order valence-electron chi connectivity index (χ1n) is 14.6. The molecule has 4 heterocycles. The van der Waals surface area contributed by atoms with Gasteiger partial charge in [0.1, 0.15) is 23.8 Å². The number of alkyl halides is 3. The third-order valence-corrected chi connectivity index (χ3v) is 10.1. The van der Waals surface area contributed by atoms with Crippen LogP contribution in [0.2, 0.25) is 0 Å². The minimum Gasteiger partial charge on any atom is -0.461 e. The second kappa shape index (κ2) is 11.2. The smallest absolute Gasteiger partial charge is 0.417 e. The summed E-state index contributed by atoms with van der Waals surface area (Å²) in [7, 11) is 1.98. The molecule has 4 aromatic rings. The van der Waals surface area contributed by atoms with Crippen molar-refractivity contribution in [1.29, 1.82) is 0 Å². The highest BCUT2D eigenvalue weighted by molar-refractivity contribution is 7.23. The van der Waals surface area contributed by atoms with Gasteiger partial charge in [-0.2, -0.15) is 23.1 Å². The van der Waals surface area contributed by atoms with Crippen LogP contribution in [0.1, 0.15) is 39.2 Å². The van der Waals surface area contributed by atoms with Gasteiger partial charge in [0.15, 0.2) is 5.82 Å². The lowest BCUT2D eigenvalue weighted by atomic mass is 9.93. The van der Waals surface area contributed by atoms with Crippen molar-refractivity contribution in [2.24, 2.45) is 0 Å². The quantitative estimate of drug-likeness (QED) is 0.179. The van der Waals surface area contributed by atoms with Crippen molar-refractivity contribution in [2.75, 3.05) is 43.9 Å². The number of ether oxygens (including phenoxy) is 1. The summed E-state index contributed by atoms with van der Waals surface area (Å²) in [6, 6.07) is 2.49. The number of benzene rings is 2. The maximum atomic E-state index is 16.9. The van der Waals surface area contributed by atoms with Crippen molar-refractivity contribution in [2.45, 2.75) is 57.4 Å². The number of halogens is 5. The average molecular weight is 646 g/mol. The lowest BCUT2D eigenvalue weighted by Gasteiger charge is -2.39. The van der Waals surface area contributed by atoms with Crippen molar-refractivity contribution >= 4 is 48.8 Å². The van der Waals surface area contributed by atoms with Crippen LogP contribution in [0.4, 0.5) is 38.5 Å². The van der Waals surface area contributed by atoms with Gasteiger partial charge in [0.25, 0.3) is 0 Å². The minimum atomic E-state index is -5.03. The van der Waals surface area contributed by atoms with Crippen molar-refractivity contribution in [1.82, 2.24) is 20.2 Å². The van der Waals surface area contributed by atoms with Gasteiger partial charge in [0.2, 0.25) is 5.69 Å². The monoisotopic (exact) mass is 645 g/mol. The molecule has 2 saturated heterocycles. The molecule has 2 aliphatic rings. The Balaban J connectivity index is 1.64. The molecule has 2 aliphatic heterocycles. The summed E-state index contributed by atoms with van der Waals surface area (Å²) in [5.41, 5.74) is 2.58. The fraction of sp³-hybridized carbons (Fsp3) is 0.452. The number of thiophene rings is 1. The largest absolute Gasteiger partial charge is 0.461 e. The Labute approximate surface area is 260 Å². The topological polar surface area (TPSA) is 83.9 Å². The van der Waals surface area contributed by atoms with E-state index in [1.165, 1.54) is 0 Å². The maximum absolute atomic E-state index is 16.9. The molecule has 2 aromatic carbocycles. The van der Waals surface area contributed by atoms with Crippen LogP contribution < -0.4 is 20.7 Å². The van der Waals surface area contributed by atoms with Crippen molar-refractivity contribution < 1.29 is 26.7 Å². The molecule has 8 nitrogen and oxygen atoms in total. The standard InChI is InChI=1S/C31H32F5N7OS/c1-15-13-43(16(2)12-39-15)28-18-11-19(31(34,35)36)21(17-7-8-20(32)26-22(17)25(38-4)27(37)45-26)23(33)24(18)40-29(41-28)44-14-30(3)9-6-10-42(30)5/h7-8,11,15-16,39H,6,9-10,12-14,37H2,1-3,5H3/t15-,16+,30+/m1/s1. The molecule has 3 N–H and O–H groups in total. The highest BCUT2D eigenvalue weighted by atomic mass is 32.1. The van der Waals surface area contributed by atoms with E-state index >= 15 is 4.39 Å². The first-order valence-corrected chi connectivity index (χ1v) is 15.4. The Bertz CT molecular complexity index is 1850. The van der Waals surface area contributed by atoms with E-state index in [1.54, 1.807) is 0 Å². The van der Waals surface area contributed by atoms with E-state index < -0.39 is 28.9 Å². The van der Waals surface area contributed by atoms with Gasteiger partial charge in [-0.15, -0.1) is 11.3 Å². The van der Waals surface area contributed by atoms with Crippen LogP contribution in [-0.4, -0.2) is 65.8 Å². The lowest BCUT2D eigenvalue weighted by Crippen LogP contribution is -2.54. The molecule has 45 heavy (non-hydrogen) atoms. The third-order valence-electron chi connectivity index (χ3n) is 9.05. The van der Waals surface area contributed by atoms with Crippen molar-refractivity contribution in [3.8, 4) is 17.1 Å². The Kier molecular flexibility index (Phi) is 7.78. The summed E-state index contributed by atoms with van der Waals surface area (Å²) in [4.78, 5) is 16.3. The van der Waals surface area contributed by atoms with Crippen LogP contribution in [0.15, 0.2) is 18.2 Å². The molecular formula is C31H32F5N7OS. The van der Waals surface area contributed by atoms with Gasteiger partial charge in [-0.25, -0.2) is 13.6 Å². The molecule has 3 atom stereocenters. The molecule has 6 rings (SSSR count). The number of anilines is 2. The van der Waals surface area contributed by atoms with Gasteiger partial charge >= 0.3 is 12.2 Å². The number of rotatable bonds is 5. The molecule has 0 bridgehead atoms. The Morgan fingerprint density at radius 1 is 1.24 bits per heavy atom. The predicted octanol–water partition coefficient (Wildman–Crippen LogP) is 6.99. The first-order chi connectivity index (χ1) is 21.2. The summed E-state index contributed by atoms with van der Waals surface area (Å²) in [6.45, 7) is 15.5. The molecule has 0 spiro atoms. The minimum absolute atomic E-state index is 0.0172. The number of nitrogens with one attached hydrogen (secondary N) is 1. The molecule has 14 heteroatoms. The molecular weight excluding hydrogens is 613 g/mol. The number of aromatic nitrogens is 2. The molecule has 0 aliphatic carbocycles. The Morgan fingerprint density at radius 3 is 2.67 bits per heavy atom. The van der Waals surface area contributed by atoms with E-state index in [2.05, 4.69) is 25.0 Å². The molecule has 2 aromatic heterocycles. The Hall–Kier alpha value is -3.80. The van der Waals surface area contributed by atoms with Gasteiger partial charge in [-0.1, -0.05) is 6.07 Å². The summed E-state index contributed by atoms with van der Waals surface area (Å²) in [5.74, 6) is -1.92. The van der Waals surface area contributed by atoms with E-state index in [-0.39, 0.29) is 73.3 Å². The summed E-state index contributed by atoms with van der Waals surface area (Å²) in [6.07, 6.45) is -3.20. The van der Waals surface area contributed by atoms with Crippen LogP contribution >= 0.6 is 11.3 Å². The third kappa shape index (κ3) is 5.30. The maximum Gasteiger partial charge on any atom is 0.417 e. The highest BCUT2D eigenvalue weighted by Gasteiger charge is 2.40. The molecule has 238 valence electrons. The van der Waals surface area contributed by atoms with Crippen LogP contribution in [0.25, 0.3) is 37.0 Å². The molecule has 2 fully saturated rings. The number of nitrogen functional groups attached to an aromatic ring is 1. The Morgan fingerprint density at radius 2 is 2.00 bits per heavy atom. The number of hydrogen-bond donors (Lipinski definition) is 2. The molecule has 0 amide bonds.